The minimum atomic E-state index is -0.205. The number of nitrogens with zero attached hydrogens (tertiary/aromatic N) is 1. The van der Waals surface area contributed by atoms with Gasteiger partial charge in [-0.1, -0.05) is 42.1 Å². The summed E-state index contributed by atoms with van der Waals surface area (Å²) in [5, 5.41) is 12.5. The van der Waals surface area contributed by atoms with Gasteiger partial charge >= 0.3 is 0 Å². The van der Waals surface area contributed by atoms with Gasteiger partial charge in [0.05, 0.1) is 6.61 Å². The van der Waals surface area contributed by atoms with Crippen molar-refractivity contribution < 1.29 is 5.11 Å². The number of nitrogens with one attached hydrogen (secondary N) is 2. The van der Waals surface area contributed by atoms with Crippen LogP contribution in [0.5, 0.6) is 0 Å². The Labute approximate surface area is 121 Å². The molecule has 0 aliphatic rings. The molecule has 0 amide bonds. The molecule has 3 N–H and O–H groups in total. The SMILES string of the molecule is CC(CO)Nc1cc(=O)[nH]c(SCc2ccccc2)n1. The number of aromatic nitrogens is 2. The highest BCUT2D eigenvalue weighted by molar-refractivity contribution is 7.98. The molecular formula is C14H17N3O2S. The van der Waals surface area contributed by atoms with Crippen LogP contribution in [0.2, 0.25) is 0 Å². The Kier molecular flexibility index (Phi) is 5.20. The number of aliphatic hydroxyl groups excluding tert-OH is 1. The highest BCUT2D eigenvalue weighted by Crippen LogP contribution is 2.19. The van der Waals surface area contributed by atoms with Gasteiger partial charge in [0.1, 0.15) is 5.82 Å². The van der Waals surface area contributed by atoms with E-state index in [4.69, 9.17) is 5.11 Å². The summed E-state index contributed by atoms with van der Waals surface area (Å²) in [5.74, 6) is 1.22. The lowest BCUT2D eigenvalue weighted by Crippen LogP contribution is -2.22. The molecule has 5 nitrogen and oxygen atoms in total. The molecule has 0 saturated heterocycles. The Balaban J connectivity index is 2.06. The summed E-state index contributed by atoms with van der Waals surface area (Å²) in [6, 6.07) is 11.2. The number of hydrogen-bond donors (Lipinski definition) is 3. The van der Waals surface area contributed by atoms with E-state index in [-0.39, 0.29) is 18.2 Å². The van der Waals surface area contributed by atoms with Crippen LogP contribution in [0, 0.1) is 0 Å². The van der Waals surface area contributed by atoms with Crippen molar-refractivity contribution in [2.45, 2.75) is 23.9 Å². The van der Waals surface area contributed by atoms with Gasteiger partial charge in [-0.2, -0.15) is 0 Å². The van der Waals surface area contributed by atoms with E-state index in [9.17, 15) is 4.79 Å². The third-order valence-corrected chi connectivity index (χ3v) is 3.55. The molecule has 0 radical (unpaired) electrons. The Morgan fingerprint density at radius 2 is 2.15 bits per heavy atom. The number of rotatable bonds is 6. The summed E-state index contributed by atoms with van der Waals surface area (Å²) in [6.45, 7) is 1.81. The zero-order valence-corrected chi connectivity index (χ0v) is 12.0. The largest absolute Gasteiger partial charge is 0.394 e. The number of thioether (sulfide) groups is 1. The van der Waals surface area contributed by atoms with E-state index in [2.05, 4.69) is 15.3 Å². The number of aliphatic hydroxyl groups is 1. The lowest BCUT2D eigenvalue weighted by Gasteiger charge is -2.11. The first-order valence-electron chi connectivity index (χ1n) is 6.33. The molecule has 0 saturated carbocycles. The monoisotopic (exact) mass is 291 g/mol. The van der Waals surface area contributed by atoms with Gasteiger partial charge in [-0.3, -0.25) is 4.79 Å². The minimum Gasteiger partial charge on any atom is -0.394 e. The van der Waals surface area contributed by atoms with Crippen molar-refractivity contribution in [2.75, 3.05) is 11.9 Å². The Morgan fingerprint density at radius 1 is 1.40 bits per heavy atom. The van der Waals surface area contributed by atoms with Crippen LogP contribution >= 0.6 is 11.8 Å². The molecule has 20 heavy (non-hydrogen) atoms. The van der Waals surface area contributed by atoms with Crippen molar-refractivity contribution in [3.8, 4) is 0 Å². The third-order valence-electron chi connectivity index (χ3n) is 2.61. The van der Waals surface area contributed by atoms with Crippen molar-refractivity contribution in [3.63, 3.8) is 0 Å². The predicted molar refractivity (Wildman–Crippen MR) is 81.0 cm³/mol. The van der Waals surface area contributed by atoms with E-state index in [1.165, 1.54) is 23.4 Å². The number of hydrogen-bond acceptors (Lipinski definition) is 5. The van der Waals surface area contributed by atoms with Gasteiger partial charge in [-0.25, -0.2) is 4.98 Å². The van der Waals surface area contributed by atoms with Gasteiger partial charge in [-0.05, 0) is 12.5 Å². The summed E-state index contributed by atoms with van der Waals surface area (Å²) < 4.78 is 0. The first-order valence-corrected chi connectivity index (χ1v) is 7.31. The fraction of sp³-hybridized carbons (Fsp3) is 0.286. The lowest BCUT2D eigenvalue weighted by atomic mass is 10.2. The fourth-order valence-corrected chi connectivity index (χ4v) is 2.43. The number of anilines is 1. The molecular weight excluding hydrogens is 274 g/mol. The average molecular weight is 291 g/mol. The summed E-state index contributed by atoms with van der Waals surface area (Å²) in [7, 11) is 0. The first kappa shape index (κ1) is 14.6. The molecule has 6 heteroatoms. The van der Waals surface area contributed by atoms with E-state index in [0.717, 1.165) is 5.75 Å². The number of aromatic amines is 1. The Bertz CT molecular complexity index is 601. The van der Waals surface area contributed by atoms with Crippen LogP contribution in [-0.2, 0) is 5.75 Å². The minimum absolute atomic E-state index is 0.0129. The van der Waals surface area contributed by atoms with Crippen LogP contribution in [0.3, 0.4) is 0 Å². The summed E-state index contributed by atoms with van der Waals surface area (Å²) >= 11 is 1.47. The second-order valence-electron chi connectivity index (χ2n) is 4.44. The van der Waals surface area contributed by atoms with Crippen LogP contribution in [-0.4, -0.2) is 27.7 Å². The molecule has 1 heterocycles. The predicted octanol–water partition coefficient (Wildman–Crippen LogP) is 1.85. The summed E-state index contributed by atoms with van der Waals surface area (Å²) in [5.41, 5.74) is 0.963. The number of H-pyrrole nitrogens is 1. The molecule has 106 valence electrons. The van der Waals surface area contributed by atoms with Crippen molar-refractivity contribution in [2.24, 2.45) is 0 Å². The molecule has 0 fully saturated rings. The quantitative estimate of drug-likeness (QED) is 0.559. The molecule has 0 spiro atoms. The first-order chi connectivity index (χ1) is 9.67. The Hall–Kier alpha value is -1.79. The molecule has 1 atom stereocenters. The maximum absolute atomic E-state index is 11.6. The highest BCUT2D eigenvalue weighted by Gasteiger charge is 2.05. The highest BCUT2D eigenvalue weighted by atomic mass is 32.2. The second-order valence-corrected chi connectivity index (χ2v) is 5.40. The maximum Gasteiger partial charge on any atom is 0.253 e. The van der Waals surface area contributed by atoms with Gasteiger partial charge in [0, 0.05) is 17.9 Å². The van der Waals surface area contributed by atoms with Crippen LogP contribution < -0.4 is 10.9 Å². The second kappa shape index (κ2) is 7.12. The van der Waals surface area contributed by atoms with Crippen LogP contribution in [0.1, 0.15) is 12.5 Å². The molecule has 0 aliphatic carbocycles. The molecule has 2 rings (SSSR count). The molecule has 0 aliphatic heterocycles. The average Bonchev–Trinajstić information content (AvgIpc) is 2.45. The molecule has 1 aromatic carbocycles. The van der Waals surface area contributed by atoms with E-state index in [1.807, 2.05) is 37.3 Å². The van der Waals surface area contributed by atoms with Gasteiger partial charge in [0.2, 0.25) is 0 Å². The number of benzene rings is 1. The maximum atomic E-state index is 11.6. The molecule has 0 bridgehead atoms. The molecule has 1 unspecified atom stereocenters. The van der Waals surface area contributed by atoms with Crippen molar-refractivity contribution in [1.82, 2.24) is 9.97 Å². The van der Waals surface area contributed by atoms with E-state index < -0.39 is 0 Å². The summed E-state index contributed by atoms with van der Waals surface area (Å²) in [4.78, 5) is 18.6. The molecule has 1 aromatic heterocycles. The van der Waals surface area contributed by atoms with Crippen LogP contribution in [0.25, 0.3) is 0 Å². The van der Waals surface area contributed by atoms with Gasteiger partial charge in [-0.15, -0.1) is 0 Å². The standard InChI is InChI=1S/C14H17N3O2S/c1-10(8-18)15-12-7-13(19)17-14(16-12)20-9-11-5-3-2-4-6-11/h2-7,10,18H,8-9H2,1H3,(H2,15,16,17,19). The topological polar surface area (TPSA) is 78.0 Å². The Morgan fingerprint density at radius 3 is 2.85 bits per heavy atom. The zero-order valence-electron chi connectivity index (χ0n) is 11.2. The van der Waals surface area contributed by atoms with E-state index in [0.29, 0.717) is 11.0 Å². The lowest BCUT2D eigenvalue weighted by molar-refractivity contribution is 0.281. The van der Waals surface area contributed by atoms with Crippen molar-refractivity contribution >= 4 is 17.6 Å². The molecule has 2 aromatic rings. The normalized spacial score (nSPS) is 12.1. The van der Waals surface area contributed by atoms with Crippen molar-refractivity contribution in [3.05, 3.63) is 52.3 Å². The van der Waals surface area contributed by atoms with Crippen LogP contribution in [0.4, 0.5) is 5.82 Å². The summed E-state index contributed by atoms with van der Waals surface area (Å²) in [6.07, 6.45) is 0. The van der Waals surface area contributed by atoms with E-state index >= 15 is 0 Å². The third kappa shape index (κ3) is 4.40. The smallest absolute Gasteiger partial charge is 0.253 e. The van der Waals surface area contributed by atoms with Gasteiger partial charge < -0.3 is 15.4 Å². The van der Waals surface area contributed by atoms with E-state index in [1.54, 1.807) is 0 Å². The zero-order chi connectivity index (χ0) is 14.4. The van der Waals surface area contributed by atoms with Crippen molar-refractivity contribution in [1.29, 1.82) is 0 Å². The van der Waals surface area contributed by atoms with Crippen LogP contribution in [0.15, 0.2) is 46.3 Å². The fourth-order valence-electron chi connectivity index (χ4n) is 1.60. The van der Waals surface area contributed by atoms with Gasteiger partial charge in [0.25, 0.3) is 5.56 Å². The van der Waals surface area contributed by atoms with Gasteiger partial charge in [0.15, 0.2) is 5.16 Å².